The highest BCUT2D eigenvalue weighted by atomic mass is 19.4. The molecule has 0 aliphatic carbocycles. The molecule has 0 unspecified atom stereocenters. The second-order valence-electron chi connectivity index (χ2n) is 3.16. The molecule has 0 spiro atoms. The van der Waals surface area contributed by atoms with Crippen LogP contribution in [-0.4, -0.2) is 15.2 Å². The molecule has 0 atom stereocenters. The van der Waals surface area contributed by atoms with Crippen molar-refractivity contribution in [2.45, 2.75) is 6.18 Å². The summed E-state index contributed by atoms with van der Waals surface area (Å²) in [5.41, 5.74) is -0.513. The van der Waals surface area contributed by atoms with Gasteiger partial charge in [-0.25, -0.2) is 4.98 Å². The van der Waals surface area contributed by atoms with E-state index in [0.29, 0.717) is 11.5 Å². The maximum atomic E-state index is 12.2. The molecule has 0 fully saturated rings. The van der Waals surface area contributed by atoms with Crippen molar-refractivity contribution in [1.29, 1.82) is 0 Å². The maximum absolute atomic E-state index is 12.2. The van der Waals surface area contributed by atoms with E-state index in [2.05, 4.69) is 20.5 Å². The number of nitrogens with zero attached hydrogens (tertiary/aromatic N) is 3. The number of halogens is 3. The molecule has 0 bridgehead atoms. The van der Waals surface area contributed by atoms with Crippen molar-refractivity contribution in [1.82, 2.24) is 15.2 Å². The molecule has 0 aliphatic rings. The third-order valence-corrected chi connectivity index (χ3v) is 1.90. The first-order valence-electron chi connectivity index (χ1n) is 4.64. The summed E-state index contributed by atoms with van der Waals surface area (Å²) in [5, 5.41) is 10.1. The number of aromatic nitrogens is 3. The molecule has 0 aromatic carbocycles. The van der Waals surface area contributed by atoms with Gasteiger partial charge in [0, 0.05) is 6.20 Å². The topological polar surface area (TPSA) is 50.7 Å². The van der Waals surface area contributed by atoms with Crippen LogP contribution in [0.15, 0.2) is 36.7 Å². The van der Waals surface area contributed by atoms with Crippen molar-refractivity contribution in [3.05, 3.63) is 42.4 Å². The maximum Gasteiger partial charge on any atom is 0.433 e. The summed E-state index contributed by atoms with van der Waals surface area (Å²) in [6, 6.07) is 5.49. The zero-order valence-corrected chi connectivity index (χ0v) is 8.44. The number of hydrogen-bond acceptors (Lipinski definition) is 4. The zero-order chi connectivity index (χ0) is 12.3. The Balaban J connectivity index is 2.14. The normalized spacial score (nSPS) is 11.2. The van der Waals surface area contributed by atoms with Gasteiger partial charge in [0.05, 0.1) is 11.9 Å². The molecular weight excluding hydrogens is 233 g/mol. The number of nitrogens with one attached hydrogen (secondary N) is 1. The van der Waals surface area contributed by atoms with Crippen LogP contribution in [0.3, 0.4) is 0 Å². The van der Waals surface area contributed by atoms with Crippen LogP contribution in [0.5, 0.6) is 0 Å². The lowest BCUT2D eigenvalue weighted by atomic mass is 10.3. The molecule has 4 nitrogen and oxygen atoms in total. The van der Waals surface area contributed by atoms with Crippen LogP contribution in [0.2, 0.25) is 0 Å². The van der Waals surface area contributed by atoms with Gasteiger partial charge in [-0.2, -0.15) is 18.3 Å². The lowest BCUT2D eigenvalue weighted by Gasteiger charge is -2.07. The number of pyridine rings is 1. The highest BCUT2D eigenvalue weighted by Crippen LogP contribution is 2.28. The Morgan fingerprint density at radius 1 is 1.12 bits per heavy atom. The zero-order valence-electron chi connectivity index (χ0n) is 8.44. The van der Waals surface area contributed by atoms with Crippen molar-refractivity contribution < 1.29 is 13.2 Å². The minimum atomic E-state index is -4.43. The second-order valence-corrected chi connectivity index (χ2v) is 3.16. The average molecular weight is 240 g/mol. The molecule has 2 aromatic rings. The van der Waals surface area contributed by atoms with Gasteiger partial charge < -0.3 is 5.32 Å². The number of hydrogen-bond donors (Lipinski definition) is 1. The lowest BCUT2D eigenvalue weighted by molar-refractivity contribution is -0.141. The highest BCUT2D eigenvalue weighted by molar-refractivity contribution is 5.54. The fourth-order valence-electron chi connectivity index (χ4n) is 1.15. The van der Waals surface area contributed by atoms with Gasteiger partial charge in [0.25, 0.3) is 0 Å². The van der Waals surface area contributed by atoms with Gasteiger partial charge in [-0.3, -0.25) is 0 Å². The van der Waals surface area contributed by atoms with Gasteiger partial charge in [0.2, 0.25) is 0 Å². The fraction of sp³-hybridized carbons (Fsp3) is 0.100. The average Bonchev–Trinajstić information content (AvgIpc) is 2.30. The minimum Gasteiger partial charge on any atom is -0.337 e. The van der Waals surface area contributed by atoms with E-state index in [-0.39, 0.29) is 0 Å². The molecule has 7 heteroatoms. The predicted molar refractivity (Wildman–Crippen MR) is 54.6 cm³/mol. The summed E-state index contributed by atoms with van der Waals surface area (Å²) < 4.78 is 36.7. The highest BCUT2D eigenvalue weighted by Gasteiger charge is 2.31. The summed E-state index contributed by atoms with van der Waals surface area (Å²) in [5.74, 6) is 0.439. The first-order chi connectivity index (χ1) is 8.05. The van der Waals surface area contributed by atoms with Crippen LogP contribution in [0.1, 0.15) is 5.69 Å². The van der Waals surface area contributed by atoms with Crippen LogP contribution >= 0.6 is 0 Å². The summed E-state index contributed by atoms with van der Waals surface area (Å²) in [6.07, 6.45) is -1.83. The SMILES string of the molecule is FC(F)(F)c1ccc(Nc2cccnn2)cn1. The van der Waals surface area contributed by atoms with Crippen LogP contribution in [0, 0.1) is 0 Å². The van der Waals surface area contributed by atoms with E-state index in [1.54, 1.807) is 12.1 Å². The van der Waals surface area contributed by atoms with Gasteiger partial charge in [-0.1, -0.05) is 0 Å². The van der Waals surface area contributed by atoms with E-state index in [1.807, 2.05) is 0 Å². The third-order valence-electron chi connectivity index (χ3n) is 1.90. The smallest absolute Gasteiger partial charge is 0.337 e. The van der Waals surface area contributed by atoms with E-state index in [0.717, 1.165) is 12.3 Å². The molecule has 2 rings (SSSR count). The summed E-state index contributed by atoms with van der Waals surface area (Å²) >= 11 is 0. The third kappa shape index (κ3) is 2.90. The first kappa shape index (κ1) is 11.3. The Morgan fingerprint density at radius 2 is 1.94 bits per heavy atom. The Morgan fingerprint density at radius 3 is 2.47 bits per heavy atom. The summed E-state index contributed by atoms with van der Waals surface area (Å²) in [6.45, 7) is 0. The Bertz CT molecular complexity index is 481. The monoisotopic (exact) mass is 240 g/mol. The van der Waals surface area contributed by atoms with E-state index in [4.69, 9.17) is 0 Å². The molecule has 0 aliphatic heterocycles. The van der Waals surface area contributed by atoms with Gasteiger partial charge in [-0.15, -0.1) is 5.10 Å². The van der Waals surface area contributed by atoms with Gasteiger partial charge in [0.1, 0.15) is 5.69 Å². The Hall–Kier alpha value is -2.18. The number of anilines is 2. The fourth-order valence-corrected chi connectivity index (χ4v) is 1.15. The Labute approximate surface area is 94.5 Å². The lowest BCUT2D eigenvalue weighted by Crippen LogP contribution is -2.07. The molecule has 0 saturated carbocycles. The van der Waals surface area contributed by atoms with Crippen LogP contribution in [-0.2, 0) is 6.18 Å². The molecule has 2 heterocycles. The van der Waals surface area contributed by atoms with Crippen molar-refractivity contribution in [3.63, 3.8) is 0 Å². The van der Waals surface area contributed by atoms with Crippen LogP contribution in [0.4, 0.5) is 24.7 Å². The van der Waals surface area contributed by atoms with Crippen LogP contribution < -0.4 is 5.32 Å². The quantitative estimate of drug-likeness (QED) is 0.876. The largest absolute Gasteiger partial charge is 0.433 e. The number of rotatable bonds is 2. The molecule has 0 radical (unpaired) electrons. The molecule has 17 heavy (non-hydrogen) atoms. The van der Waals surface area contributed by atoms with Gasteiger partial charge in [0.15, 0.2) is 5.82 Å². The van der Waals surface area contributed by atoms with Crippen molar-refractivity contribution in [2.24, 2.45) is 0 Å². The van der Waals surface area contributed by atoms with Gasteiger partial charge >= 0.3 is 6.18 Å². The molecule has 0 amide bonds. The van der Waals surface area contributed by atoms with E-state index in [1.165, 1.54) is 12.3 Å². The summed E-state index contributed by atoms with van der Waals surface area (Å²) in [7, 11) is 0. The summed E-state index contributed by atoms with van der Waals surface area (Å²) in [4.78, 5) is 3.31. The standard InChI is InChI=1S/C10H7F3N4/c11-10(12,13)8-4-3-7(6-14-8)16-9-2-1-5-15-17-9/h1-6H,(H,16,17). The van der Waals surface area contributed by atoms with E-state index < -0.39 is 11.9 Å². The second kappa shape index (κ2) is 4.36. The molecular formula is C10H7F3N4. The van der Waals surface area contributed by atoms with E-state index >= 15 is 0 Å². The molecule has 1 N–H and O–H groups in total. The van der Waals surface area contributed by atoms with Gasteiger partial charge in [-0.05, 0) is 24.3 Å². The molecule has 88 valence electrons. The van der Waals surface area contributed by atoms with Crippen molar-refractivity contribution in [3.8, 4) is 0 Å². The van der Waals surface area contributed by atoms with Crippen molar-refractivity contribution >= 4 is 11.5 Å². The van der Waals surface area contributed by atoms with Crippen LogP contribution in [0.25, 0.3) is 0 Å². The predicted octanol–water partition coefficient (Wildman–Crippen LogP) is 2.63. The minimum absolute atomic E-state index is 0.415. The molecule has 2 aromatic heterocycles. The van der Waals surface area contributed by atoms with E-state index in [9.17, 15) is 13.2 Å². The first-order valence-corrected chi connectivity index (χ1v) is 4.64. The van der Waals surface area contributed by atoms with Crippen molar-refractivity contribution in [2.75, 3.05) is 5.32 Å². The molecule has 0 saturated heterocycles. The number of alkyl halides is 3. The Kier molecular flexibility index (Phi) is 2.90.